The molecule has 6 nitrogen and oxygen atoms in total. The molecule has 140 valence electrons. The molecule has 5 rings (SSSR count). The third kappa shape index (κ3) is 1.95. The van der Waals surface area contributed by atoms with Crippen LogP contribution in [0.5, 0.6) is 17.2 Å². The van der Waals surface area contributed by atoms with Gasteiger partial charge in [0, 0.05) is 41.7 Å². The van der Waals surface area contributed by atoms with Gasteiger partial charge < -0.3 is 19.8 Å². The van der Waals surface area contributed by atoms with Gasteiger partial charge in [0.1, 0.15) is 17.8 Å². The molecule has 1 amide bonds. The van der Waals surface area contributed by atoms with Crippen molar-refractivity contribution in [3.05, 3.63) is 65.7 Å². The molecular weight excluding hydrogens is 363 g/mol. The van der Waals surface area contributed by atoms with Crippen molar-refractivity contribution in [2.24, 2.45) is 0 Å². The molecule has 1 spiro atoms. The largest absolute Gasteiger partial charge is 0.504 e. The maximum Gasteiger partial charge on any atom is 0.245 e. The van der Waals surface area contributed by atoms with Crippen molar-refractivity contribution in [2.75, 3.05) is 18.6 Å². The Hall–Kier alpha value is -3.61. The van der Waals surface area contributed by atoms with Crippen molar-refractivity contribution in [3.63, 3.8) is 0 Å². The zero-order chi connectivity index (χ0) is 19.6. The average molecular weight is 378 g/mol. The fraction of sp³-hybridized carbons (Fsp3) is 0.143. The average Bonchev–Trinajstić information content (AvgIpc) is 3.15. The summed E-state index contributed by atoms with van der Waals surface area (Å²) in [5.74, 6) is -1.08. The molecule has 0 aliphatic carbocycles. The van der Waals surface area contributed by atoms with E-state index < -0.39 is 11.4 Å². The molecule has 2 aromatic carbocycles. The number of anilines is 1. The summed E-state index contributed by atoms with van der Waals surface area (Å²) < 4.78 is 19.1. The smallest absolute Gasteiger partial charge is 0.245 e. The molecule has 0 bridgehead atoms. The van der Waals surface area contributed by atoms with Crippen molar-refractivity contribution >= 4 is 11.6 Å². The number of ether oxygens (including phenoxy) is 1. The first kappa shape index (κ1) is 16.6. The van der Waals surface area contributed by atoms with Gasteiger partial charge in [-0.15, -0.1) is 0 Å². The van der Waals surface area contributed by atoms with Crippen LogP contribution in [0.1, 0.15) is 11.1 Å². The van der Waals surface area contributed by atoms with Crippen LogP contribution in [-0.2, 0) is 10.2 Å². The Labute approximate surface area is 159 Å². The van der Waals surface area contributed by atoms with Gasteiger partial charge in [-0.25, -0.2) is 4.98 Å². The van der Waals surface area contributed by atoms with E-state index in [-0.39, 0.29) is 24.0 Å². The molecule has 2 aliphatic heterocycles. The summed E-state index contributed by atoms with van der Waals surface area (Å²) in [4.78, 5) is 18.7. The van der Waals surface area contributed by atoms with Gasteiger partial charge in [0.05, 0.1) is 0 Å². The number of halogens is 1. The molecule has 0 fully saturated rings. The van der Waals surface area contributed by atoms with E-state index in [0.29, 0.717) is 28.1 Å². The van der Waals surface area contributed by atoms with E-state index in [0.717, 1.165) is 5.56 Å². The molecule has 7 heteroatoms. The summed E-state index contributed by atoms with van der Waals surface area (Å²) in [6, 6.07) is 11.1. The summed E-state index contributed by atoms with van der Waals surface area (Å²) in [5.41, 5.74) is 2.12. The lowest BCUT2D eigenvalue weighted by molar-refractivity contribution is -0.121. The normalized spacial score (nSPS) is 19.6. The number of carbonyl (C=O) groups excluding carboxylic acids is 1. The number of amides is 1. The number of phenolic OH excluding ortho intramolecular Hbond substituents is 2. The van der Waals surface area contributed by atoms with Crippen LogP contribution in [0.25, 0.3) is 11.1 Å². The SMILES string of the molecule is CN1C(=O)C2(COc3cc(O)c(O)cc32)c2c(-c3ccc(F)nc3)cccc21. The standard InChI is InChI=1S/C21H15FN2O4/c1-24-14-4-2-3-12(11-5-6-18(22)23-9-11)19(14)21(20(24)27)10-28-17-8-16(26)15(25)7-13(17)21/h2-9,25-26H,10H2,1H3. The fourth-order valence-corrected chi connectivity index (χ4v) is 4.20. The highest BCUT2D eigenvalue weighted by atomic mass is 19.1. The number of benzene rings is 2. The molecular formula is C21H15FN2O4. The van der Waals surface area contributed by atoms with Crippen molar-refractivity contribution < 1.29 is 24.1 Å². The first-order valence-electron chi connectivity index (χ1n) is 8.66. The molecule has 2 N–H and O–H groups in total. The number of hydrogen-bond donors (Lipinski definition) is 2. The van der Waals surface area contributed by atoms with Crippen LogP contribution in [0.15, 0.2) is 48.7 Å². The second-order valence-electron chi connectivity index (χ2n) is 6.96. The van der Waals surface area contributed by atoms with E-state index in [1.807, 2.05) is 18.2 Å². The zero-order valence-corrected chi connectivity index (χ0v) is 14.8. The van der Waals surface area contributed by atoms with Gasteiger partial charge >= 0.3 is 0 Å². The number of fused-ring (bicyclic) bond motifs is 4. The topological polar surface area (TPSA) is 82.9 Å². The lowest BCUT2D eigenvalue weighted by Gasteiger charge is -2.23. The van der Waals surface area contributed by atoms with Crippen molar-refractivity contribution in [1.29, 1.82) is 0 Å². The Morgan fingerprint density at radius 2 is 1.96 bits per heavy atom. The monoisotopic (exact) mass is 378 g/mol. The quantitative estimate of drug-likeness (QED) is 0.503. The first-order chi connectivity index (χ1) is 13.4. The predicted molar refractivity (Wildman–Crippen MR) is 99.1 cm³/mol. The number of aromatic nitrogens is 1. The lowest BCUT2D eigenvalue weighted by Crippen LogP contribution is -2.41. The summed E-state index contributed by atoms with van der Waals surface area (Å²) in [6.07, 6.45) is 1.42. The number of rotatable bonds is 1. The van der Waals surface area contributed by atoms with E-state index in [1.165, 1.54) is 24.4 Å². The summed E-state index contributed by atoms with van der Waals surface area (Å²) in [7, 11) is 1.68. The van der Waals surface area contributed by atoms with Crippen molar-refractivity contribution in [1.82, 2.24) is 4.98 Å². The van der Waals surface area contributed by atoms with Crippen LogP contribution in [0.2, 0.25) is 0 Å². The molecule has 3 aromatic rings. The van der Waals surface area contributed by atoms with Gasteiger partial charge in [0.2, 0.25) is 11.9 Å². The second-order valence-corrected chi connectivity index (χ2v) is 6.96. The van der Waals surface area contributed by atoms with Crippen molar-refractivity contribution in [2.45, 2.75) is 5.41 Å². The van der Waals surface area contributed by atoms with Gasteiger partial charge in [0.15, 0.2) is 11.5 Å². The molecule has 1 unspecified atom stereocenters. The Morgan fingerprint density at radius 1 is 1.18 bits per heavy atom. The maximum atomic E-state index is 13.4. The molecule has 1 aromatic heterocycles. The number of phenols is 2. The summed E-state index contributed by atoms with van der Waals surface area (Å²) in [6.45, 7) is 0.0348. The third-order valence-corrected chi connectivity index (χ3v) is 5.52. The Kier molecular flexibility index (Phi) is 3.22. The van der Waals surface area contributed by atoms with Crippen LogP contribution in [0.4, 0.5) is 10.1 Å². The number of nitrogens with zero attached hydrogens (tertiary/aromatic N) is 2. The Bertz CT molecular complexity index is 1150. The second kappa shape index (κ2) is 5.45. The fourth-order valence-electron chi connectivity index (χ4n) is 4.20. The first-order valence-corrected chi connectivity index (χ1v) is 8.66. The van der Waals surface area contributed by atoms with E-state index >= 15 is 0 Å². The molecule has 2 aliphatic rings. The highest BCUT2D eigenvalue weighted by Crippen LogP contribution is 2.56. The van der Waals surface area contributed by atoms with Crippen LogP contribution < -0.4 is 9.64 Å². The maximum absolute atomic E-state index is 13.4. The zero-order valence-electron chi connectivity index (χ0n) is 14.8. The van der Waals surface area contributed by atoms with E-state index in [9.17, 15) is 19.4 Å². The Balaban J connectivity index is 1.83. The minimum Gasteiger partial charge on any atom is -0.504 e. The third-order valence-electron chi connectivity index (χ3n) is 5.52. The summed E-state index contributed by atoms with van der Waals surface area (Å²) >= 11 is 0. The van der Waals surface area contributed by atoms with Gasteiger partial charge in [-0.1, -0.05) is 12.1 Å². The van der Waals surface area contributed by atoms with Gasteiger partial charge in [-0.3, -0.25) is 4.79 Å². The van der Waals surface area contributed by atoms with E-state index in [4.69, 9.17) is 4.74 Å². The highest BCUT2D eigenvalue weighted by Gasteiger charge is 2.57. The molecule has 0 saturated carbocycles. The predicted octanol–water partition coefficient (Wildman–Crippen LogP) is 2.95. The number of pyridine rings is 1. The highest BCUT2D eigenvalue weighted by molar-refractivity contribution is 6.13. The minimum absolute atomic E-state index is 0.0348. The van der Waals surface area contributed by atoms with Crippen molar-refractivity contribution in [3.8, 4) is 28.4 Å². The summed E-state index contributed by atoms with van der Waals surface area (Å²) in [5, 5.41) is 19.9. The number of carbonyl (C=O) groups is 1. The van der Waals surface area contributed by atoms with E-state index in [2.05, 4.69) is 4.98 Å². The molecule has 0 radical (unpaired) electrons. The Morgan fingerprint density at radius 3 is 2.71 bits per heavy atom. The number of likely N-dealkylation sites (N-methyl/N-ethyl adjacent to an activating group) is 1. The molecule has 3 heterocycles. The van der Waals surface area contributed by atoms with Crippen LogP contribution in [0.3, 0.4) is 0 Å². The molecule has 1 atom stereocenters. The molecule has 0 saturated heterocycles. The van der Waals surface area contributed by atoms with Gasteiger partial charge in [0.25, 0.3) is 0 Å². The minimum atomic E-state index is -1.17. The number of aromatic hydroxyl groups is 2. The van der Waals surface area contributed by atoms with Crippen LogP contribution in [-0.4, -0.2) is 34.8 Å². The van der Waals surface area contributed by atoms with Crippen LogP contribution >= 0.6 is 0 Å². The van der Waals surface area contributed by atoms with Crippen LogP contribution in [0, 0.1) is 5.95 Å². The van der Waals surface area contributed by atoms with E-state index in [1.54, 1.807) is 18.0 Å². The van der Waals surface area contributed by atoms with Gasteiger partial charge in [-0.2, -0.15) is 4.39 Å². The lowest BCUT2D eigenvalue weighted by atomic mass is 9.74. The molecule has 28 heavy (non-hydrogen) atoms. The van der Waals surface area contributed by atoms with Gasteiger partial charge in [-0.05, 0) is 29.8 Å². The number of hydrogen-bond acceptors (Lipinski definition) is 5.